The summed E-state index contributed by atoms with van der Waals surface area (Å²) >= 11 is 6.07. The summed E-state index contributed by atoms with van der Waals surface area (Å²) in [5.74, 6) is 6.52. The number of rotatable bonds is 6. The van der Waals surface area contributed by atoms with Crippen molar-refractivity contribution in [3.63, 3.8) is 0 Å². The van der Waals surface area contributed by atoms with Crippen LogP contribution < -0.4 is 16.0 Å². The molecule has 0 aliphatic heterocycles. The van der Waals surface area contributed by atoms with E-state index < -0.39 is 0 Å². The monoisotopic (exact) mass is 300 g/mol. The minimum Gasteiger partial charge on any atom is -0.496 e. The first-order chi connectivity index (χ1) is 9.33. The van der Waals surface area contributed by atoms with E-state index in [9.17, 15) is 0 Å². The minimum absolute atomic E-state index is 0.0302. The molecular weight excluding hydrogens is 276 g/mol. The Labute approximate surface area is 126 Å². The second-order valence-corrected chi connectivity index (χ2v) is 6.39. The van der Waals surface area contributed by atoms with Gasteiger partial charge in [0.15, 0.2) is 0 Å². The van der Waals surface area contributed by atoms with Crippen molar-refractivity contribution in [2.24, 2.45) is 11.3 Å². The summed E-state index contributed by atoms with van der Waals surface area (Å²) in [6.45, 7) is 6.38. The van der Waals surface area contributed by atoms with Gasteiger partial charge in [-0.15, -0.1) is 0 Å². The van der Waals surface area contributed by atoms with Crippen LogP contribution in [0.4, 0.5) is 0 Å². The molecule has 0 bridgehead atoms. The summed E-state index contributed by atoms with van der Waals surface area (Å²) in [5.41, 5.74) is 3.83. The van der Waals surface area contributed by atoms with Crippen LogP contribution in [0.2, 0.25) is 5.02 Å². The Morgan fingerprint density at radius 2 is 1.95 bits per heavy atom. The third-order valence-corrected chi connectivity index (χ3v) is 3.60. The molecule has 1 aromatic rings. The van der Waals surface area contributed by atoms with E-state index in [0.717, 1.165) is 11.3 Å². The van der Waals surface area contributed by atoms with Gasteiger partial charge in [-0.1, -0.05) is 32.4 Å². The summed E-state index contributed by atoms with van der Waals surface area (Å²) in [7, 11) is 3.35. The zero-order valence-electron chi connectivity index (χ0n) is 12.9. The van der Waals surface area contributed by atoms with Crippen LogP contribution in [0, 0.1) is 5.41 Å². The summed E-state index contributed by atoms with van der Waals surface area (Å²) in [6.07, 6.45) is 0.645. The average molecular weight is 301 g/mol. The van der Waals surface area contributed by atoms with Gasteiger partial charge in [-0.05, 0) is 35.6 Å². The molecule has 2 atom stereocenters. The summed E-state index contributed by atoms with van der Waals surface area (Å²) in [5, 5.41) is 0.682. The highest BCUT2D eigenvalue weighted by Gasteiger charge is 2.32. The number of hydrogen-bond donors (Lipinski definition) is 2. The molecule has 5 heteroatoms. The van der Waals surface area contributed by atoms with Gasteiger partial charge in [0.2, 0.25) is 0 Å². The van der Waals surface area contributed by atoms with E-state index in [1.165, 1.54) is 0 Å². The molecule has 0 spiro atoms. The highest BCUT2D eigenvalue weighted by molar-refractivity contribution is 6.30. The lowest BCUT2D eigenvalue weighted by molar-refractivity contribution is -0.0111. The van der Waals surface area contributed by atoms with Crippen LogP contribution in [0.15, 0.2) is 18.2 Å². The van der Waals surface area contributed by atoms with E-state index in [1.807, 2.05) is 18.2 Å². The van der Waals surface area contributed by atoms with Crippen molar-refractivity contribution < 1.29 is 9.47 Å². The van der Waals surface area contributed by atoms with Crippen LogP contribution in [0.5, 0.6) is 5.75 Å². The van der Waals surface area contributed by atoms with Crippen molar-refractivity contribution in [1.29, 1.82) is 0 Å². The quantitative estimate of drug-likeness (QED) is 0.626. The molecule has 1 rings (SSSR count). The van der Waals surface area contributed by atoms with Gasteiger partial charge in [0.1, 0.15) is 5.75 Å². The molecule has 1 aromatic carbocycles. The second kappa shape index (κ2) is 7.27. The Morgan fingerprint density at radius 3 is 2.40 bits per heavy atom. The Kier molecular flexibility index (Phi) is 6.27. The van der Waals surface area contributed by atoms with Crippen LogP contribution >= 0.6 is 11.6 Å². The van der Waals surface area contributed by atoms with Crippen LogP contribution in [0.25, 0.3) is 0 Å². The maximum atomic E-state index is 6.07. The first-order valence-corrected chi connectivity index (χ1v) is 7.02. The van der Waals surface area contributed by atoms with Crippen molar-refractivity contribution in [2.45, 2.75) is 39.3 Å². The molecule has 0 fully saturated rings. The molecule has 0 aliphatic rings. The molecule has 0 saturated heterocycles. The highest BCUT2D eigenvalue weighted by atomic mass is 35.5. The molecule has 0 aromatic heterocycles. The van der Waals surface area contributed by atoms with Crippen molar-refractivity contribution in [3.05, 3.63) is 28.8 Å². The minimum atomic E-state index is -0.0348. The number of benzene rings is 1. The summed E-state index contributed by atoms with van der Waals surface area (Å²) in [6, 6.07) is 5.55. The average Bonchev–Trinajstić information content (AvgIpc) is 2.37. The van der Waals surface area contributed by atoms with E-state index in [-0.39, 0.29) is 17.6 Å². The highest BCUT2D eigenvalue weighted by Crippen LogP contribution is 2.29. The van der Waals surface area contributed by atoms with Gasteiger partial charge >= 0.3 is 0 Å². The Balaban J connectivity index is 3.01. The molecule has 0 heterocycles. The van der Waals surface area contributed by atoms with E-state index in [2.05, 4.69) is 26.2 Å². The van der Waals surface area contributed by atoms with Crippen molar-refractivity contribution in [3.8, 4) is 5.75 Å². The zero-order valence-corrected chi connectivity index (χ0v) is 13.6. The maximum Gasteiger partial charge on any atom is 0.122 e. The topological polar surface area (TPSA) is 56.5 Å². The fourth-order valence-electron chi connectivity index (χ4n) is 2.52. The van der Waals surface area contributed by atoms with Crippen molar-refractivity contribution in [2.75, 3.05) is 14.2 Å². The largest absolute Gasteiger partial charge is 0.496 e. The maximum absolute atomic E-state index is 6.07. The molecule has 0 amide bonds. The predicted octanol–water partition coefficient (Wildman–Crippen LogP) is 2.78. The van der Waals surface area contributed by atoms with Crippen molar-refractivity contribution >= 4 is 11.6 Å². The van der Waals surface area contributed by atoms with Crippen LogP contribution in [0.1, 0.15) is 26.3 Å². The third kappa shape index (κ3) is 4.35. The molecule has 20 heavy (non-hydrogen) atoms. The van der Waals surface area contributed by atoms with E-state index in [4.69, 9.17) is 26.9 Å². The molecule has 0 radical (unpaired) electrons. The normalized spacial score (nSPS) is 14.9. The van der Waals surface area contributed by atoms with Gasteiger partial charge in [-0.3, -0.25) is 11.3 Å². The number of hydrazine groups is 1. The third-order valence-electron chi connectivity index (χ3n) is 3.37. The number of ether oxygens (including phenoxy) is 2. The first kappa shape index (κ1) is 17.2. The number of nitrogens with two attached hydrogens (primary N) is 1. The predicted molar refractivity (Wildman–Crippen MR) is 83.1 cm³/mol. The molecule has 2 unspecified atom stereocenters. The standard InChI is InChI=1S/C15H25ClN2O2/c1-15(2,3)14(20-5)12(18-17)9-10-8-11(16)6-7-13(10)19-4/h6-8,12,14,18H,9,17H2,1-5H3. The van der Waals surface area contributed by atoms with E-state index >= 15 is 0 Å². The van der Waals surface area contributed by atoms with Crippen LogP contribution in [-0.4, -0.2) is 26.4 Å². The van der Waals surface area contributed by atoms with Gasteiger partial charge in [0.25, 0.3) is 0 Å². The fourth-order valence-corrected chi connectivity index (χ4v) is 2.71. The Hall–Kier alpha value is -0.810. The van der Waals surface area contributed by atoms with Crippen LogP contribution in [0.3, 0.4) is 0 Å². The molecule has 0 saturated carbocycles. The van der Waals surface area contributed by atoms with Gasteiger partial charge in [-0.2, -0.15) is 0 Å². The van der Waals surface area contributed by atoms with Gasteiger partial charge < -0.3 is 9.47 Å². The molecule has 4 nitrogen and oxygen atoms in total. The lowest BCUT2D eigenvalue weighted by atomic mass is 9.82. The van der Waals surface area contributed by atoms with Gasteiger partial charge in [0, 0.05) is 12.1 Å². The SMILES string of the molecule is COc1ccc(Cl)cc1CC(NN)C(OC)C(C)(C)C. The van der Waals surface area contributed by atoms with Crippen LogP contribution in [-0.2, 0) is 11.2 Å². The van der Waals surface area contributed by atoms with Gasteiger partial charge in [-0.25, -0.2) is 0 Å². The molecule has 3 N–H and O–H groups in total. The lowest BCUT2D eigenvalue weighted by Gasteiger charge is -2.35. The van der Waals surface area contributed by atoms with Crippen molar-refractivity contribution in [1.82, 2.24) is 5.43 Å². The van der Waals surface area contributed by atoms with E-state index in [1.54, 1.807) is 14.2 Å². The zero-order chi connectivity index (χ0) is 15.3. The molecule has 0 aliphatic carbocycles. The van der Waals surface area contributed by atoms with E-state index in [0.29, 0.717) is 11.4 Å². The number of hydrogen-bond acceptors (Lipinski definition) is 4. The summed E-state index contributed by atoms with van der Waals surface area (Å²) in [4.78, 5) is 0. The summed E-state index contributed by atoms with van der Waals surface area (Å²) < 4.78 is 11.0. The smallest absolute Gasteiger partial charge is 0.122 e. The Bertz CT molecular complexity index is 432. The molecular formula is C15H25ClN2O2. The number of methoxy groups -OCH3 is 2. The Morgan fingerprint density at radius 1 is 1.30 bits per heavy atom. The number of nitrogens with one attached hydrogen (secondary N) is 1. The first-order valence-electron chi connectivity index (χ1n) is 6.64. The second-order valence-electron chi connectivity index (χ2n) is 5.96. The molecule has 114 valence electrons. The lowest BCUT2D eigenvalue weighted by Crippen LogP contribution is -2.51. The fraction of sp³-hybridized carbons (Fsp3) is 0.600. The van der Waals surface area contributed by atoms with Gasteiger partial charge in [0.05, 0.1) is 19.3 Å². The number of halogens is 1.